The Labute approximate surface area is 221 Å². The molecular weight excluding hydrogens is 496 g/mol. The Balaban J connectivity index is 1.76. The van der Waals surface area contributed by atoms with Gasteiger partial charge in [-0.25, -0.2) is 19.2 Å². The lowest BCUT2D eigenvalue weighted by Gasteiger charge is -2.11. The fraction of sp³-hybridized carbons (Fsp3) is 0.429. The van der Waals surface area contributed by atoms with Gasteiger partial charge in [0.05, 0.1) is 48.7 Å². The van der Waals surface area contributed by atoms with Gasteiger partial charge in [0.1, 0.15) is 0 Å². The minimum atomic E-state index is -0.670. The molecule has 0 bridgehead atoms. The number of hydrogen-bond donors (Lipinski definition) is 2. The highest BCUT2D eigenvalue weighted by atomic mass is 16.5. The second kappa shape index (κ2) is 17.7. The first-order valence-corrected chi connectivity index (χ1v) is 12.6. The van der Waals surface area contributed by atoms with Crippen molar-refractivity contribution in [1.82, 2.24) is 0 Å². The van der Waals surface area contributed by atoms with Crippen LogP contribution >= 0.6 is 0 Å². The molecule has 0 spiro atoms. The minimum absolute atomic E-state index is 0.00827. The van der Waals surface area contributed by atoms with Crippen LogP contribution in [0, 0.1) is 0 Å². The van der Waals surface area contributed by atoms with Gasteiger partial charge in [0, 0.05) is 13.2 Å². The number of rotatable bonds is 17. The number of benzene rings is 2. The van der Waals surface area contributed by atoms with E-state index in [4.69, 9.17) is 29.2 Å². The molecule has 2 aromatic carbocycles. The van der Waals surface area contributed by atoms with E-state index < -0.39 is 23.9 Å². The van der Waals surface area contributed by atoms with Crippen molar-refractivity contribution in [3.05, 3.63) is 70.8 Å². The SMILES string of the molecule is O=C(OCCCCO)c1ccccc1C(=O)OCCCCOC(=O)c1ccccc1C(=O)OCCCCO. The summed E-state index contributed by atoms with van der Waals surface area (Å²) in [6.07, 6.45) is 2.86. The van der Waals surface area contributed by atoms with Gasteiger partial charge in [-0.1, -0.05) is 24.3 Å². The molecule has 0 fully saturated rings. The van der Waals surface area contributed by atoms with Crippen molar-refractivity contribution in [1.29, 1.82) is 0 Å². The Kier molecular flexibility index (Phi) is 14.2. The standard InChI is InChI=1S/C28H34O10/c29-15-5-7-17-35-25(31)21-11-1-3-13-23(21)27(33)37-19-9-10-20-38-28(34)24-14-4-2-12-22(24)26(32)36-18-8-6-16-30/h1-4,11-14,29-30H,5-10,15-20H2. The van der Waals surface area contributed by atoms with Crippen molar-refractivity contribution in [3.8, 4) is 0 Å². The van der Waals surface area contributed by atoms with E-state index in [0.29, 0.717) is 38.5 Å². The lowest BCUT2D eigenvalue weighted by Crippen LogP contribution is -2.16. The number of esters is 4. The van der Waals surface area contributed by atoms with Crippen molar-refractivity contribution in [3.63, 3.8) is 0 Å². The number of aliphatic hydroxyl groups is 2. The smallest absolute Gasteiger partial charge is 0.339 e. The van der Waals surface area contributed by atoms with Crippen LogP contribution in [0.15, 0.2) is 48.5 Å². The Morgan fingerprint density at radius 2 is 0.684 bits per heavy atom. The van der Waals surface area contributed by atoms with Gasteiger partial charge >= 0.3 is 23.9 Å². The van der Waals surface area contributed by atoms with Crippen LogP contribution in [0.25, 0.3) is 0 Å². The van der Waals surface area contributed by atoms with Crippen LogP contribution < -0.4 is 0 Å². The zero-order chi connectivity index (χ0) is 27.6. The fourth-order valence-electron chi connectivity index (χ4n) is 3.28. The third-order valence-electron chi connectivity index (χ3n) is 5.31. The monoisotopic (exact) mass is 530 g/mol. The second-order valence-electron chi connectivity index (χ2n) is 8.20. The largest absolute Gasteiger partial charge is 0.462 e. The molecule has 2 rings (SSSR count). The molecule has 38 heavy (non-hydrogen) atoms. The predicted molar refractivity (Wildman–Crippen MR) is 136 cm³/mol. The molecule has 0 aromatic heterocycles. The highest BCUT2D eigenvalue weighted by Gasteiger charge is 2.20. The van der Waals surface area contributed by atoms with E-state index in [2.05, 4.69) is 0 Å². The van der Waals surface area contributed by atoms with E-state index in [1.807, 2.05) is 0 Å². The zero-order valence-corrected chi connectivity index (χ0v) is 21.3. The molecule has 10 heteroatoms. The van der Waals surface area contributed by atoms with Gasteiger partial charge in [-0.2, -0.15) is 0 Å². The maximum atomic E-state index is 12.5. The molecule has 0 unspecified atom stereocenters. The minimum Gasteiger partial charge on any atom is -0.462 e. The van der Waals surface area contributed by atoms with Crippen LogP contribution in [-0.2, 0) is 18.9 Å². The maximum Gasteiger partial charge on any atom is 0.339 e. The first-order valence-electron chi connectivity index (χ1n) is 12.6. The summed E-state index contributed by atoms with van der Waals surface area (Å²) in [5.74, 6) is -2.62. The molecule has 0 aliphatic heterocycles. The summed E-state index contributed by atoms with van der Waals surface area (Å²) in [4.78, 5) is 49.5. The fourth-order valence-corrected chi connectivity index (χ4v) is 3.28. The number of unbranched alkanes of at least 4 members (excludes halogenated alkanes) is 3. The molecule has 206 valence electrons. The number of aliphatic hydroxyl groups excluding tert-OH is 2. The molecule has 0 saturated heterocycles. The molecule has 2 aromatic rings. The molecule has 0 aliphatic rings. The van der Waals surface area contributed by atoms with Crippen LogP contribution in [-0.4, -0.2) is 73.7 Å². The van der Waals surface area contributed by atoms with E-state index >= 15 is 0 Å². The van der Waals surface area contributed by atoms with Gasteiger partial charge in [0.25, 0.3) is 0 Å². The van der Waals surface area contributed by atoms with Crippen LogP contribution in [0.1, 0.15) is 80.0 Å². The Morgan fingerprint density at radius 1 is 0.447 bits per heavy atom. The number of carbonyl (C=O) groups excluding carboxylic acids is 4. The summed E-state index contributed by atoms with van der Waals surface area (Å²) >= 11 is 0. The van der Waals surface area contributed by atoms with Gasteiger partial charge < -0.3 is 29.2 Å². The molecule has 0 amide bonds. The third-order valence-corrected chi connectivity index (χ3v) is 5.31. The summed E-state index contributed by atoms with van der Waals surface area (Å²) in [5.41, 5.74) is 0.374. The summed E-state index contributed by atoms with van der Waals surface area (Å²) in [5, 5.41) is 17.6. The van der Waals surface area contributed by atoms with Crippen LogP contribution in [0.3, 0.4) is 0 Å². The van der Waals surface area contributed by atoms with Gasteiger partial charge in [-0.05, 0) is 62.8 Å². The van der Waals surface area contributed by atoms with E-state index in [1.54, 1.807) is 24.3 Å². The van der Waals surface area contributed by atoms with E-state index in [0.717, 1.165) is 0 Å². The Morgan fingerprint density at radius 3 is 0.921 bits per heavy atom. The number of hydrogen-bond acceptors (Lipinski definition) is 10. The highest BCUT2D eigenvalue weighted by Crippen LogP contribution is 2.14. The molecule has 0 heterocycles. The molecule has 2 N–H and O–H groups in total. The molecule has 0 atom stereocenters. The summed E-state index contributed by atoms with van der Waals surface area (Å²) < 4.78 is 20.8. The van der Waals surface area contributed by atoms with Crippen LogP contribution in [0.4, 0.5) is 0 Å². The van der Waals surface area contributed by atoms with E-state index in [1.165, 1.54) is 24.3 Å². The lowest BCUT2D eigenvalue weighted by atomic mass is 10.1. The Bertz CT molecular complexity index is 966. The number of carbonyl (C=O) groups is 4. The summed E-state index contributed by atoms with van der Waals surface area (Å²) in [6, 6.07) is 12.4. The molecule has 0 radical (unpaired) electrons. The van der Waals surface area contributed by atoms with Crippen molar-refractivity contribution in [2.24, 2.45) is 0 Å². The van der Waals surface area contributed by atoms with Crippen molar-refractivity contribution < 1.29 is 48.3 Å². The van der Waals surface area contributed by atoms with Crippen LogP contribution in [0.2, 0.25) is 0 Å². The predicted octanol–water partition coefficient (Wildman–Crippen LogP) is 3.34. The zero-order valence-electron chi connectivity index (χ0n) is 21.3. The lowest BCUT2D eigenvalue weighted by molar-refractivity contribution is 0.0412. The maximum absolute atomic E-state index is 12.5. The highest BCUT2D eigenvalue weighted by molar-refractivity contribution is 6.03. The normalized spacial score (nSPS) is 10.5. The molecule has 0 saturated carbocycles. The summed E-state index contributed by atoms with van der Waals surface area (Å²) in [7, 11) is 0. The van der Waals surface area contributed by atoms with Gasteiger partial charge in [0.15, 0.2) is 0 Å². The van der Waals surface area contributed by atoms with Crippen molar-refractivity contribution in [2.75, 3.05) is 39.6 Å². The van der Waals surface area contributed by atoms with Crippen molar-refractivity contribution >= 4 is 23.9 Å². The van der Waals surface area contributed by atoms with Gasteiger partial charge in [-0.15, -0.1) is 0 Å². The second-order valence-corrected chi connectivity index (χ2v) is 8.20. The summed E-state index contributed by atoms with van der Waals surface area (Å²) in [6.45, 7) is 0.387. The average Bonchev–Trinajstić information content (AvgIpc) is 2.94. The topological polar surface area (TPSA) is 146 Å². The molecular formula is C28H34O10. The van der Waals surface area contributed by atoms with Crippen LogP contribution in [0.5, 0.6) is 0 Å². The third kappa shape index (κ3) is 10.3. The first-order chi connectivity index (χ1) is 18.5. The number of ether oxygens (including phenoxy) is 4. The van der Waals surface area contributed by atoms with Crippen molar-refractivity contribution in [2.45, 2.75) is 38.5 Å². The van der Waals surface area contributed by atoms with E-state index in [-0.39, 0.29) is 61.9 Å². The average molecular weight is 531 g/mol. The molecule has 10 nitrogen and oxygen atoms in total. The quantitative estimate of drug-likeness (QED) is 0.177. The Hall–Kier alpha value is -3.76. The van der Waals surface area contributed by atoms with Gasteiger partial charge in [0.2, 0.25) is 0 Å². The first kappa shape index (κ1) is 30.5. The van der Waals surface area contributed by atoms with E-state index in [9.17, 15) is 19.2 Å². The van der Waals surface area contributed by atoms with Gasteiger partial charge in [-0.3, -0.25) is 0 Å². The molecule has 0 aliphatic carbocycles.